The molecule has 0 bridgehead atoms. The molecular formula is C12H8Cl2O2. The van der Waals surface area contributed by atoms with Crippen molar-refractivity contribution < 1.29 is 9.84 Å². The fourth-order valence-electron chi connectivity index (χ4n) is 1.24. The van der Waals surface area contributed by atoms with Gasteiger partial charge in [-0.3, -0.25) is 0 Å². The number of phenolic OH excluding ortho intramolecular Hbond substituents is 1. The van der Waals surface area contributed by atoms with Crippen molar-refractivity contribution in [3.63, 3.8) is 0 Å². The molecule has 0 amide bonds. The molecule has 2 nitrogen and oxygen atoms in total. The van der Waals surface area contributed by atoms with Crippen molar-refractivity contribution in [2.24, 2.45) is 0 Å². The highest BCUT2D eigenvalue weighted by atomic mass is 35.5. The molecule has 0 saturated heterocycles. The Bertz CT molecular complexity index is 492. The number of phenols is 1. The molecule has 0 heterocycles. The summed E-state index contributed by atoms with van der Waals surface area (Å²) in [4.78, 5) is 0. The number of ether oxygens (including phenoxy) is 1. The number of benzene rings is 2. The van der Waals surface area contributed by atoms with Crippen LogP contribution in [-0.4, -0.2) is 5.11 Å². The van der Waals surface area contributed by atoms with Crippen molar-refractivity contribution in [3.05, 3.63) is 52.5 Å². The van der Waals surface area contributed by atoms with Crippen molar-refractivity contribution in [2.45, 2.75) is 0 Å². The summed E-state index contributed by atoms with van der Waals surface area (Å²) in [5.74, 6) is 0.636. The van der Waals surface area contributed by atoms with E-state index in [4.69, 9.17) is 27.9 Å². The summed E-state index contributed by atoms with van der Waals surface area (Å²) in [6, 6.07) is 11.7. The largest absolute Gasteiger partial charge is 0.504 e. The minimum Gasteiger partial charge on any atom is -0.504 e. The van der Waals surface area contributed by atoms with Gasteiger partial charge in [0.25, 0.3) is 0 Å². The first kappa shape index (κ1) is 11.1. The standard InChI is InChI=1S/C12H8Cl2O2/c13-8-4-1-2-7-11(8)16-12-9(14)5-3-6-10(12)15/h1-7,15H. The van der Waals surface area contributed by atoms with E-state index in [1.54, 1.807) is 36.4 Å². The molecule has 0 unspecified atom stereocenters. The normalized spacial score (nSPS) is 10.1. The summed E-state index contributed by atoms with van der Waals surface area (Å²) in [6.45, 7) is 0. The van der Waals surface area contributed by atoms with Crippen LogP contribution in [0.2, 0.25) is 10.0 Å². The minimum absolute atomic E-state index is 0.0209. The summed E-state index contributed by atoms with van der Waals surface area (Å²) >= 11 is 11.8. The highest BCUT2D eigenvalue weighted by Gasteiger charge is 2.10. The molecule has 82 valence electrons. The highest BCUT2D eigenvalue weighted by Crippen LogP contribution is 2.39. The van der Waals surface area contributed by atoms with E-state index in [1.165, 1.54) is 6.07 Å². The van der Waals surface area contributed by atoms with Gasteiger partial charge in [0, 0.05) is 0 Å². The van der Waals surface area contributed by atoms with E-state index in [2.05, 4.69) is 0 Å². The monoisotopic (exact) mass is 254 g/mol. The minimum atomic E-state index is -0.0209. The summed E-state index contributed by atoms with van der Waals surface area (Å²) in [7, 11) is 0. The lowest BCUT2D eigenvalue weighted by molar-refractivity contribution is 0.411. The number of rotatable bonds is 2. The van der Waals surface area contributed by atoms with E-state index in [9.17, 15) is 5.11 Å². The maximum absolute atomic E-state index is 9.59. The zero-order valence-electron chi connectivity index (χ0n) is 8.15. The number of halogens is 2. The van der Waals surface area contributed by atoms with Crippen LogP contribution in [0.1, 0.15) is 0 Å². The van der Waals surface area contributed by atoms with E-state index in [1.807, 2.05) is 0 Å². The van der Waals surface area contributed by atoms with Gasteiger partial charge in [-0.25, -0.2) is 0 Å². The number of para-hydroxylation sites is 2. The molecular weight excluding hydrogens is 247 g/mol. The smallest absolute Gasteiger partial charge is 0.187 e. The predicted molar refractivity (Wildman–Crippen MR) is 64.6 cm³/mol. The maximum atomic E-state index is 9.59. The number of hydrogen-bond donors (Lipinski definition) is 1. The van der Waals surface area contributed by atoms with Gasteiger partial charge in [-0.1, -0.05) is 41.4 Å². The van der Waals surface area contributed by atoms with Gasteiger partial charge in [0.1, 0.15) is 5.75 Å². The lowest BCUT2D eigenvalue weighted by atomic mass is 10.3. The third kappa shape index (κ3) is 2.23. The van der Waals surface area contributed by atoms with Crippen LogP contribution in [-0.2, 0) is 0 Å². The molecule has 2 rings (SSSR count). The lowest BCUT2D eigenvalue weighted by Gasteiger charge is -2.10. The topological polar surface area (TPSA) is 29.5 Å². The SMILES string of the molecule is Oc1cccc(Cl)c1Oc1ccccc1Cl. The van der Waals surface area contributed by atoms with Crippen LogP contribution in [0.25, 0.3) is 0 Å². The Hall–Kier alpha value is -1.38. The molecule has 2 aromatic rings. The van der Waals surface area contributed by atoms with Gasteiger partial charge in [-0.05, 0) is 24.3 Å². The Morgan fingerprint density at radius 3 is 2.25 bits per heavy atom. The summed E-state index contributed by atoms with van der Waals surface area (Å²) in [5.41, 5.74) is 0. The van der Waals surface area contributed by atoms with Crippen LogP contribution in [0.4, 0.5) is 0 Å². The summed E-state index contributed by atoms with van der Waals surface area (Å²) in [5, 5.41) is 10.4. The van der Waals surface area contributed by atoms with Crippen molar-refractivity contribution in [3.8, 4) is 17.2 Å². The second kappa shape index (κ2) is 4.64. The van der Waals surface area contributed by atoms with Crippen LogP contribution < -0.4 is 4.74 Å². The van der Waals surface area contributed by atoms with Gasteiger partial charge in [0.2, 0.25) is 0 Å². The Labute approximate surface area is 103 Å². The zero-order valence-corrected chi connectivity index (χ0v) is 9.66. The van der Waals surface area contributed by atoms with Gasteiger partial charge >= 0.3 is 0 Å². The molecule has 2 aromatic carbocycles. The molecule has 0 aliphatic heterocycles. The Morgan fingerprint density at radius 2 is 1.56 bits per heavy atom. The Morgan fingerprint density at radius 1 is 0.875 bits per heavy atom. The molecule has 1 N–H and O–H groups in total. The Kier molecular flexibility index (Phi) is 3.22. The lowest BCUT2D eigenvalue weighted by Crippen LogP contribution is -1.86. The molecule has 16 heavy (non-hydrogen) atoms. The first-order valence-corrected chi connectivity index (χ1v) is 5.34. The fourth-order valence-corrected chi connectivity index (χ4v) is 1.62. The van der Waals surface area contributed by atoms with Crippen molar-refractivity contribution >= 4 is 23.2 Å². The molecule has 0 spiro atoms. The van der Waals surface area contributed by atoms with Crippen molar-refractivity contribution in [2.75, 3.05) is 0 Å². The molecule has 0 radical (unpaired) electrons. The van der Waals surface area contributed by atoms with Gasteiger partial charge in [0.05, 0.1) is 10.0 Å². The van der Waals surface area contributed by atoms with Crippen molar-refractivity contribution in [1.29, 1.82) is 0 Å². The summed E-state index contributed by atoms with van der Waals surface area (Å²) < 4.78 is 5.46. The molecule has 4 heteroatoms. The van der Waals surface area contributed by atoms with E-state index >= 15 is 0 Å². The quantitative estimate of drug-likeness (QED) is 0.856. The van der Waals surface area contributed by atoms with E-state index < -0.39 is 0 Å². The average molecular weight is 255 g/mol. The van der Waals surface area contributed by atoms with E-state index in [0.29, 0.717) is 15.8 Å². The molecule has 0 saturated carbocycles. The van der Waals surface area contributed by atoms with Crippen LogP contribution in [0.15, 0.2) is 42.5 Å². The third-order valence-corrected chi connectivity index (χ3v) is 2.60. The molecule has 0 aliphatic rings. The molecule has 0 fully saturated rings. The second-order valence-corrected chi connectivity index (χ2v) is 3.93. The first-order chi connectivity index (χ1) is 7.68. The van der Waals surface area contributed by atoms with Crippen LogP contribution in [0.5, 0.6) is 17.2 Å². The van der Waals surface area contributed by atoms with Crippen molar-refractivity contribution in [1.82, 2.24) is 0 Å². The average Bonchev–Trinajstić information content (AvgIpc) is 2.26. The molecule has 0 aromatic heterocycles. The van der Waals surface area contributed by atoms with Gasteiger partial charge < -0.3 is 9.84 Å². The van der Waals surface area contributed by atoms with E-state index in [0.717, 1.165) is 0 Å². The van der Waals surface area contributed by atoms with E-state index in [-0.39, 0.29) is 11.5 Å². The van der Waals surface area contributed by atoms with Gasteiger partial charge in [0.15, 0.2) is 11.5 Å². The Balaban J connectivity index is 2.38. The number of hydrogen-bond acceptors (Lipinski definition) is 2. The van der Waals surface area contributed by atoms with Crippen LogP contribution >= 0.6 is 23.2 Å². The number of aromatic hydroxyl groups is 1. The third-order valence-electron chi connectivity index (χ3n) is 1.99. The van der Waals surface area contributed by atoms with Gasteiger partial charge in [-0.2, -0.15) is 0 Å². The summed E-state index contributed by atoms with van der Waals surface area (Å²) in [6.07, 6.45) is 0. The second-order valence-electron chi connectivity index (χ2n) is 3.12. The molecule has 0 aliphatic carbocycles. The first-order valence-electron chi connectivity index (χ1n) is 4.58. The van der Waals surface area contributed by atoms with Crippen LogP contribution in [0.3, 0.4) is 0 Å². The van der Waals surface area contributed by atoms with Gasteiger partial charge in [-0.15, -0.1) is 0 Å². The fraction of sp³-hybridized carbons (Fsp3) is 0. The zero-order chi connectivity index (χ0) is 11.5. The maximum Gasteiger partial charge on any atom is 0.187 e. The highest BCUT2D eigenvalue weighted by molar-refractivity contribution is 6.33. The van der Waals surface area contributed by atoms with Crippen LogP contribution in [0, 0.1) is 0 Å². The molecule has 0 atom stereocenters. The predicted octanol–water partition coefficient (Wildman–Crippen LogP) is 4.49.